The number of aromatic carboxylic acids is 1. The fraction of sp³-hybridized carbons (Fsp3) is 0.429. The SMILES string of the molecule is COc1ccc(CCn2nc(C(=O)O)c3c2CCN(C(=O)C2CNC(=O)C2)C3)cc1. The molecule has 1 aromatic heterocycles. The number of aryl methyl sites for hydroxylation is 2. The van der Waals surface area contributed by atoms with E-state index in [0.717, 1.165) is 17.0 Å². The van der Waals surface area contributed by atoms with E-state index < -0.39 is 5.97 Å². The molecule has 0 bridgehead atoms. The van der Waals surface area contributed by atoms with Gasteiger partial charge in [0.1, 0.15) is 5.75 Å². The molecule has 158 valence electrons. The molecule has 2 aliphatic heterocycles. The van der Waals surface area contributed by atoms with Crippen LogP contribution in [-0.4, -0.2) is 57.8 Å². The number of carbonyl (C=O) groups excluding carboxylic acids is 2. The third-order valence-electron chi connectivity index (χ3n) is 5.75. The summed E-state index contributed by atoms with van der Waals surface area (Å²) < 4.78 is 6.93. The van der Waals surface area contributed by atoms with Crippen molar-refractivity contribution in [2.45, 2.75) is 32.4 Å². The number of hydrogen-bond acceptors (Lipinski definition) is 5. The summed E-state index contributed by atoms with van der Waals surface area (Å²) in [6, 6.07) is 7.74. The summed E-state index contributed by atoms with van der Waals surface area (Å²) in [7, 11) is 1.62. The smallest absolute Gasteiger partial charge is 0.356 e. The first-order chi connectivity index (χ1) is 14.5. The minimum Gasteiger partial charge on any atom is -0.497 e. The molecule has 0 radical (unpaired) electrons. The number of benzene rings is 1. The van der Waals surface area contributed by atoms with Gasteiger partial charge in [-0.05, 0) is 24.1 Å². The quantitative estimate of drug-likeness (QED) is 0.727. The van der Waals surface area contributed by atoms with Gasteiger partial charge in [0.25, 0.3) is 0 Å². The molecule has 0 aliphatic carbocycles. The number of fused-ring (bicyclic) bond motifs is 1. The molecule has 1 aromatic carbocycles. The van der Waals surface area contributed by atoms with Gasteiger partial charge >= 0.3 is 5.97 Å². The van der Waals surface area contributed by atoms with Gasteiger partial charge in [-0.3, -0.25) is 14.3 Å². The zero-order valence-electron chi connectivity index (χ0n) is 16.8. The van der Waals surface area contributed by atoms with Crippen LogP contribution in [0.4, 0.5) is 0 Å². The van der Waals surface area contributed by atoms with Crippen molar-refractivity contribution in [3.8, 4) is 5.75 Å². The van der Waals surface area contributed by atoms with Gasteiger partial charge in [0.05, 0.1) is 13.0 Å². The van der Waals surface area contributed by atoms with Crippen LogP contribution < -0.4 is 10.1 Å². The molecule has 0 spiro atoms. The van der Waals surface area contributed by atoms with E-state index in [4.69, 9.17) is 4.74 Å². The van der Waals surface area contributed by atoms with Crippen LogP contribution in [0.5, 0.6) is 5.75 Å². The molecule has 1 atom stereocenters. The Bertz CT molecular complexity index is 982. The molecule has 30 heavy (non-hydrogen) atoms. The molecule has 4 rings (SSSR count). The lowest BCUT2D eigenvalue weighted by molar-refractivity contribution is -0.136. The third-order valence-corrected chi connectivity index (χ3v) is 5.75. The lowest BCUT2D eigenvalue weighted by Gasteiger charge is -2.29. The van der Waals surface area contributed by atoms with Gasteiger partial charge in [-0.2, -0.15) is 5.10 Å². The Morgan fingerprint density at radius 2 is 2.07 bits per heavy atom. The van der Waals surface area contributed by atoms with Crippen molar-refractivity contribution >= 4 is 17.8 Å². The molecule has 2 amide bonds. The first kappa shape index (κ1) is 19.9. The Morgan fingerprint density at radius 1 is 1.30 bits per heavy atom. The van der Waals surface area contributed by atoms with Crippen molar-refractivity contribution < 1.29 is 24.2 Å². The van der Waals surface area contributed by atoms with Gasteiger partial charge in [0.2, 0.25) is 11.8 Å². The number of rotatable bonds is 6. The van der Waals surface area contributed by atoms with Crippen molar-refractivity contribution in [2.75, 3.05) is 20.2 Å². The predicted molar refractivity (Wildman–Crippen MR) is 106 cm³/mol. The third kappa shape index (κ3) is 3.87. The second kappa shape index (κ2) is 8.17. The lowest BCUT2D eigenvalue weighted by atomic mass is 10.0. The number of amides is 2. The van der Waals surface area contributed by atoms with Crippen LogP contribution >= 0.6 is 0 Å². The summed E-state index contributed by atoms with van der Waals surface area (Å²) >= 11 is 0. The maximum absolute atomic E-state index is 12.8. The normalized spacial score (nSPS) is 18.1. The summed E-state index contributed by atoms with van der Waals surface area (Å²) in [6.07, 6.45) is 1.43. The molecule has 2 aliphatic rings. The number of carboxylic acids is 1. The van der Waals surface area contributed by atoms with Gasteiger partial charge in [0, 0.05) is 50.3 Å². The van der Waals surface area contributed by atoms with Gasteiger partial charge in [-0.15, -0.1) is 0 Å². The second-order valence-electron chi connectivity index (χ2n) is 7.62. The van der Waals surface area contributed by atoms with E-state index >= 15 is 0 Å². The Balaban J connectivity index is 1.50. The summed E-state index contributed by atoms with van der Waals surface area (Å²) in [5.41, 5.74) is 2.56. The molecule has 3 heterocycles. The summed E-state index contributed by atoms with van der Waals surface area (Å²) in [5.74, 6) is -0.920. The van der Waals surface area contributed by atoms with Crippen molar-refractivity contribution in [1.82, 2.24) is 20.0 Å². The number of methoxy groups -OCH3 is 1. The number of nitrogens with one attached hydrogen (secondary N) is 1. The molecule has 9 heteroatoms. The number of ether oxygens (including phenoxy) is 1. The van der Waals surface area contributed by atoms with Crippen LogP contribution in [0, 0.1) is 5.92 Å². The Morgan fingerprint density at radius 3 is 2.70 bits per heavy atom. The van der Waals surface area contributed by atoms with Crippen LogP contribution in [0.1, 0.15) is 33.7 Å². The Kier molecular flexibility index (Phi) is 5.43. The van der Waals surface area contributed by atoms with E-state index in [9.17, 15) is 19.5 Å². The summed E-state index contributed by atoms with van der Waals surface area (Å²) in [4.78, 5) is 37.6. The van der Waals surface area contributed by atoms with Crippen LogP contribution in [0.2, 0.25) is 0 Å². The Labute approximate surface area is 173 Å². The fourth-order valence-corrected chi connectivity index (χ4v) is 4.10. The minimum absolute atomic E-state index is 0.00199. The van der Waals surface area contributed by atoms with E-state index in [-0.39, 0.29) is 36.4 Å². The highest BCUT2D eigenvalue weighted by Crippen LogP contribution is 2.26. The highest BCUT2D eigenvalue weighted by Gasteiger charge is 2.35. The number of hydrogen-bond donors (Lipinski definition) is 2. The molecule has 2 aromatic rings. The molecule has 1 fully saturated rings. The van der Waals surface area contributed by atoms with Crippen molar-refractivity contribution in [3.63, 3.8) is 0 Å². The topological polar surface area (TPSA) is 114 Å². The van der Waals surface area contributed by atoms with Crippen molar-refractivity contribution in [3.05, 3.63) is 46.8 Å². The summed E-state index contributed by atoms with van der Waals surface area (Å²) in [6.45, 7) is 1.59. The monoisotopic (exact) mass is 412 g/mol. The van der Waals surface area contributed by atoms with E-state index in [1.54, 1.807) is 16.7 Å². The number of aromatic nitrogens is 2. The minimum atomic E-state index is -1.10. The van der Waals surface area contributed by atoms with E-state index in [2.05, 4.69) is 10.4 Å². The van der Waals surface area contributed by atoms with E-state index in [0.29, 0.717) is 38.0 Å². The molecular weight excluding hydrogens is 388 g/mol. The zero-order valence-corrected chi connectivity index (χ0v) is 16.8. The zero-order chi connectivity index (χ0) is 21.3. The number of carbonyl (C=O) groups is 3. The first-order valence-corrected chi connectivity index (χ1v) is 9.96. The highest BCUT2D eigenvalue weighted by atomic mass is 16.5. The maximum atomic E-state index is 12.8. The van der Waals surface area contributed by atoms with Gasteiger partial charge < -0.3 is 20.1 Å². The standard InChI is InChI=1S/C21H24N4O5/c1-30-15-4-2-13(3-5-15)6-9-25-17-7-8-24(12-16(17)19(23-25)21(28)29)20(27)14-10-18(26)22-11-14/h2-5,14H,6-12H2,1H3,(H,22,26)(H,28,29). The van der Waals surface area contributed by atoms with Gasteiger partial charge in [-0.1, -0.05) is 12.1 Å². The predicted octanol–water partition coefficient (Wildman–Crippen LogP) is 0.853. The number of nitrogens with zero attached hydrogens (tertiary/aromatic N) is 3. The Hall–Kier alpha value is -3.36. The largest absolute Gasteiger partial charge is 0.497 e. The molecule has 0 saturated carbocycles. The average Bonchev–Trinajstić information content (AvgIpc) is 3.35. The molecule has 1 saturated heterocycles. The fourth-order valence-electron chi connectivity index (χ4n) is 4.10. The van der Waals surface area contributed by atoms with Crippen molar-refractivity contribution in [2.24, 2.45) is 5.92 Å². The first-order valence-electron chi connectivity index (χ1n) is 9.96. The van der Waals surface area contributed by atoms with Crippen LogP contribution in [0.15, 0.2) is 24.3 Å². The van der Waals surface area contributed by atoms with Crippen LogP contribution in [0.3, 0.4) is 0 Å². The van der Waals surface area contributed by atoms with Crippen molar-refractivity contribution in [1.29, 1.82) is 0 Å². The van der Waals surface area contributed by atoms with E-state index in [1.165, 1.54) is 0 Å². The molecule has 2 N–H and O–H groups in total. The molecule has 1 unspecified atom stereocenters. The van der Waals surface area contributed by atoms with E-state index in [1.807, 2.05) is 24.3 Å². The van der Waals surface area contributed by atoms with Gasteiger partial charge in [-0.25, -0.2) is 4.79 Å². The van der Waals surface area contributed by atoms with Gasteiger partial charge in [0.15, 0.2) is 5.69 Å². The number of carboxylic acid groups (broad SMARTS) is 1. The molecule has 9 nitrogen and oxygen atoms in total. The molecular formula is C21H24N4O5. The van der Waals surface area contributed by atoms with Crippen LogP contribution in [0.25, 0.3) is 0 Å². The maximum Gasteiger partial charge on any atom is 0.356 e. The second-order valence-corrected chi connectivity index (χ2v) is 7.62. The lowest BCUT2D eigenvalue weighted by Crippen LogP contribution is -2.41. The summed E-state index contributed by atoms with van der Waals surface area (Å²) in [5, 5.41) is 16.6. The van der Waals surface area contributed by atoms with Crippen LogP contribution in [-0.2, 0) is 35.5 Å². The average molecular weight is 412 g/mol. The highest BCUT2D eigenvalue weighted by molar-refractivity contribution is 5.90.